The van der Waals surface area contributed by atoms with E-state index in [0.29, 0.717) is 12.5 Å². The van der Waals surface area contributed by atoms with E-state index in [0.717, 1.165) is 16.9 Å². The van der Waals surface area contributed by atoms with Gasteiger partial charge in [0.15, 0.2) is 5.65 Å². The lowest BCUT2D eigenvalue weighted by Gasteiger charge is -1.99. The van der Waals surface area contributed by atoms with Crippen molar-refractivity contribution in [2.75, 3.05) is 5.32 Å². The summed E-state index contributed by atoms with van der Waals surface area (Å²) in [5.41, 5.74) is 2.86. The lowest BCUT2D eigenvalue weighted by Crippen LogP contribution is -2.03. The molecule has 0 unspecified atom stereocenters. The van der Waals surface area contributed by atoms with Crippen molar-refractivity contribution in [2.24, 2.45) is 0 Å². The lowest BCUT2D eigenvalue weighted by atomic mass is 10.3. The first-order chi connectivity index (χ1) is 8.83. The van der Waals surface area contributed by atoms with Crippen LogP contribution in [0.25, 0.3) is 5.65 Å². The predicted octanol–water partition coefficient (Wildman–Crippen LogP) is 1.44. The molecule has 0 aliphatic rings. The molecule has 3 aromatic rings. The maximum absolute atomic E-state index is 4.42. The average molecular weight is 240 g/mol. The van der Waals surface area contributed by atoms with E-state index in [-0.39, 0.29) is 0 Å². The normalized spacial score (nSPS) is 10.7. The van der Waals surface area contributed by atoms with Crippen molar-refractivity contribution in [3.63, 3.8) is 0 Å². The molecule has 3 heterocycles. The van der Waals surface area contributed by atoms with Gasteiger partial charge in [0.1, 0.15) is 6.33 Å². The summed E-state index contributed by atoms with van der Waals surface area (Å²) < 4.78 is 1.76. The van der Waals surface area contributed by atoms with Gasteiger partial charge >= 0.3 is 0 Å². The van der Waals surface area contributed by atoms with E-state index in [1.165, 1.54) is 6.33 Å². The molecule has 0 atom stereocenters. The number of hydrogen-bond acceptors (Lipinski definition) is 5. The molecule has 0 amide bonds. The third-order valence-corrected chi connectivity index (χ3v) is 2.63. The van der Waals surface area contributed by atoms with Crippen molar-refractivity contribution < 1.29 is 0 Å². The van der Waals surface area contributed by atoms with Crippen LogP contribution in [0.15, 0.2) is 36.9 Å². The summed E-state index contributed by atoms with van der Waals surface area (Å²) in [4.78, 5) is 12.4. The fourth-order valence-electron chi connectivity index (χ4n) is 1.71. The van der Waals surface area contributed by atoms with E-state index in [1.54, 1.807) is 10.7 Å². The molecule has 0 saturated carbocycles. The molecule has 3 aromatic heterocycles. The second kappa shape index (κ2) is 4.40. The summed E-state index contributed by atoms with van der Waals surface area (Å²) in [5, 5.41) is 7.48. The quantitative estimate of drug-likeness (QED) is 0.750. The summed E-state index contributed by atoms with van der Waals surface area (Å²) in [6, 6.07) is 5.82. The largest absolute Gasteiger partial charge is 0.347 e. The van der Waals surface area contributed by atoms with Crippen molar-refractivity contribution in [2.45, 2.75) is 13.5 Å². The van der Waals surface area contributed by atoms with Gasteiger partial charge in [-0.2, -0.15) is 4.98 Å². The summed E-state index contributed by atoms with van der Waals surface area (Å²) in [5.74, 6) is 0.600. The summed E-state index contributed by atoms with van der Waals surface area (Å²) >= 11 is 0. The van der Waals surface area contributed by atoms with E-state index in [1.807, 2.05) is 31.3 Å². The monoisotopic (exact) mass is 240 g/mol. The second-order valence-corrected chi connectivity index (χ2v) is 3.95. The van der Waals surface area contributed by atoms with Gasteiger partial charge in [0.05, 0.1) is 12.2 Å². The van der Waals surface area contributed by atoms with E-state index in [9.17, 15) is 0 Å². The highest BCUT2D eigenvalue weighted by Gasteiger charge is 2.04. The zero-order valence-corrected chi connectivity index (χ0v) is 9.91. The van der Waals surface area contributed by atoms with Crippen molar-refractivity contribution in [1.82, 2.24) is 24.6 Å². The number of nitrogens with one attached hydrogen (secondary N) is 1. The number of hydrogen-bond donors (Lipinski definition) is 1. The Labute approximate surface area is 104 Å². The number of aryl methyl sites for hydroxylation is 1. The molecule has 0 aliphatic heterocycles. The van der Waals surface area contributed by atoms with E-state index in [2.05, 4.69) is 25.4 Å². The van der Waals surface area contributed by atoms with Crippen LogP contribution in [-0.2, 0) is 6.54 Å². The third-order valence-electron chi connectivity index (χ3n) is 2.63. The summed E-state index contributed by atoms with van der Waals surface area (Å²) in [7, 11) is 0. The van der Waals surface area contributed by atoms with Gasteiger partial charge in [0, 0.05) is 12.4 Å². The predicted molar refractivity (Wildman–Crippen MR) is 67.1 cm³/mol. The zero-order valence-electron chi connectivity index (χ0n) is 9.91. The van der Waals surface area contributed by atoms with Crippen molar-refractivity contribution >= 4 is 11.6 Å². The van der Waals surface area contributed by atoms with E-state index < -0.39 is 0 Å². The Morgan fingerprint density at radius 1 is 1.33 bits per heavy atom. The van der Waals surface area contributed by atoms with Crippen LogP contribution in [-0.4, -0.2) is 24.6 Å². The van der Waals surface area contributed by atoms with Gasteiger partial charge in [-0.3, -0.25) is 0 Å². The van der Waals surface area contributed by atoms with Crippen molar-refractivity contribution in [1.29, 1.82) is 0 Å². The molecule has 0 aromatic carbocycles. The molecule has 0 spiro atoms. The van der Waals surface area contributed by atoms with Crippen LogP contribution in [0, 0.1) is 6.92 Å². The maximum Gasteiger partial charge on any atom is 0.243 e. The minimum atomic E-state index is 0.582. The lowest BCUT2D eigenvalue weighted by molar-refractivity contribution is 0.934. The van der Waals surface area contributed by atoms with Crippen molar-refractivity contribution in [3.05, 3.63) is 48.2 Å². The highest BCUT2D eigenvalue weighted by Crippen LogP contribution is 2.10. The fourth-order valence-corrected chi connectivity index (χ4v) is 1.71. The third kappa shape index (κ3) is 2.00. The van der Waals surface area contributed by atoms with Crippen LogP contribution in [0.3, 0.4) is 0 Å². The van der Waals surface area contributed by atoms with Gasteiger partial charge in [-0.1, -0.05) is 6.07 Å². The summed E-state index contributed by atoms with van der Waals surface area (Å²) in [6.07, 6.45) is 5.12. The first kappa shape index (κ1) is 10.6. The Morgan fingerprint density at radius 2 is 2.28 bits per heavy atom. The van der Waals surface area contributed by atoms with Gasteiger partial charge in [-0.25, -0.2) is 14.5 Å². The Kier molecular flexibility index (Phi) is 2.60. The van der Waals surface area contributed by atoms with Gasteiger partial charge < -0.3 is 5.32 Å². The van der Waals surface area contributed by atoms with Gasteiger partial charge in [0.25, 0.3) is 0 Å². The molecular formula is C12H12N6. The first-order valence-electron chi connectivity index (χ1n) is 5.64. The Hall–Kier alpha value is -2.50. The van der Waals surface area contributed by atoms with Crippen LogP contribution < -0.4 is 5.32 Å². The molecule has 1 N–H and O–H groups in total. The van der Waals surface area contributed by atoms with E-state index >= 15 is 0 Å². The highest BCUT2D eigenvalue weighted by molar-refractivity contribution is 5.49. The fraction of sp³-hybridized carbons (Fsp3) is 0.167. The SMILES string of the molecule is Cc1cccn2nc(NCc3ccncn3)nc12. The number of anilines is 1. The molecule has 0 bridgehead atoms. The Bertz CT molecular complexity index is 661. The van der Waals surface area contributed by atoms with Gasteiger partial charge in [0.2, 0.25) is 5.95 Å². The molecule has 0 radical (unpaired) electrons. The van der Waals surface area contributed by atoms with Crippen LogP contribution in [0.2, 0.25) is 0 Å². The first-order valence-corrected chi connectivity index (χ1v) is 5.64. The van der Waals surface area contributed by atoms with Gasteiger partial charge in [-0.15, -0.1) is 5.10 Å². The number of nitrogens with zero attached hydrogens (tertiary/aromatic N) is 5. The Balaban J connectivity index is 1.81. The highest BCUT2D eigenvalue weighted by atomic mass is 15.3. The molecule has 6 nitrogen and oxygen atoms in total. The zero-order chi connectivity index (χ0) is 12.4. The summed E-state index contributed by atoms with van der Waals surface area (Å²) in [6.45, 7) is 2.59. The minimum Gasteiger partial charge on any atom is -0.347 e. The van der Waals surface area contributed by atoms with Crippen molar-refractivity contribution in [3.8, 4) is 0 Å². The average Bonchev–Trinajstić information content (AvgIpc) is 2.82. The standard InChI is InChI=1S/C12H12N6/c1-9-3-2-6-18-11(9)16-12(17-18)14-7-10-4-5-13-8-15-10/h2-6,8H,7H2,1H3,(H,14,17). The smallest absolute Gasteiger partial charge is 0.243 e. The minimum absolute atomic E-state index is 0.582. The number of aromatic nitrogens is 5. The molecule has 18 heavy (non-hydrogen) atoms. The van der Waals surface area contributed by atoms with Crippen LogP contribution >= 0.6 is 0 Å². The maximum atomic E-state index is 4.42. The van der Waals surface area contributed by atoms with Crippen LogP contribution in [0.4, 0.5) is 5.95 Å². The van der Waals surface area contributed by atoms with Gasteiger partial charge in [-0.05, 0) is 24.6 Å². The number of fused-ring (bicyclic) bond motifs is 1. The topological polar surface area (TPSA) is 68.0 Å². The van der Waals surface area contributed by atoms with Crippen LogP contribution in [0.5, 0.6) is 0 Å². The number of pyridine rings is 1. The Morgan fingerprint density at radius 3 is 3.06 bits per heavy atom. The second-order valence-electron chi connectivity index (χ2n) is 3.95. The van der Waals surface area contributed by atoms with E-state index in [4.69, 9.17) is 0 Å². The molecule has 3 rings (SSSR count). The molecular weight excluding hydrogens is 228 g/mol. The van der Waals surface area contributed by atoms with Crippen LogP contribution in [0.1, 0.15) is 11.3 Å². The molecule has 6 heteroatoms. The number of rotatable bonds is 3. The molecule has 0 saturated heterocycles. The molecule has 0 aliphatic carbocycles. The molecule has 90 valence electrons. The molecule has 0 fully saturated rings.